The fraction of sp³-hybridized carbons (Fsp3) is 0.571. The van der Waals surface area contributed by atoms with Crippen molar-refractivity contribution >= 4 is 5.91 Å². The molecule has 1 N–H and O–H groups in total. The highest BCUT2D eigenvalue weighted by Gasteiger charge is 2.28. The Morgan fingerprint density at radius 1 is 1.31 bits per heavy atom. The highest BCUT2D eigenvalue weighted by Crippen LogP contribution is 2.22. The zero-order valence-corrected chi connectivity index (χ0v) is 17.3. The summed E-state index contributed by atoms with van der Waals surface area (Å²) in [6, 6.07) is 10.4. The molecule has 1 unspecified atom stereocenters. The van der Waals surface area contributed by atoms with Gasteiger partial charge in [-0.3, -0.25) is 14.3 Å². The van der Waals surface area contributed by atoms with Crippen LogP contribution in [-0.4, -0.2) is 51.4 Å². The molecule has 0 saturated heterocycles. The third kappa shape index (κ3) is 5.55. The second-order valence-electron chi connectivity index (χ2n) is 7.23. The number of ether oxygens (including phenoxy) is 1. The lowest BCUT2D eigenvalue weighted by atomic mass is 10.2. The first-order chi connectivity index (χ1) is 14.1. The Morgan fingerprint density at radius 3 is 2.83 bits per heavy atom. The molecular weight excluding hydrogens is 370 g/mol. The Kier molecular flexibility index (Phi) is 7.60. The van der Waals surface area contributed by atoms with Gasteiger partial charge in [0.1, 0.15) is 6.10 Å². The van der Waals surface area contributed by atoms with E-state index in [-0.39, 0.29) is 18.0 Å². The minimum Gasteiger partial charge on any atom is -0.368 e. The number of nitrogens with one attached hydrogen (secondary N) is 1. The van der Waals surface area contributed by atoms with Crippen molar-refractivity contribution in [2.75, 3.05) is 26.2 Å². The molecule has 0 aliphatic carbocycles. The second kappa shape index (κ2) is 10.4. The van der Waals surface area contributed by atoms with Gasteiger partial charge in [0.05, 0.1) is 19.6 Å². The molecule has 2 heterocycles. The molecule has 0 fully saturated rings. The van der Waals surface area contributed by atoms with Crippen LogP contribution in [0.25, 0.3) is 0 Å². The first kappa shape index (κ1) is 21.3. The molecule has 1 aromatic carbocycles. The summed E-state index contributed by atoms with van der Waals surface area (Å²) in [5, 5.41) is 7.30. The van der Waals surface area contributed by atoms with Crippen molar-refractivity contribution in [2.45, 2.75) is 52.4 Å². The molecule has 1 atom stereocenters. The number of aromatic nitrogens is 3. The number of carbonyl (C=O) groups excluding carboxylic acids is 1. The lowest BCUT2D eigenvalue weighted by Crippen LogP contribution is -2.34. The fourth-order valence-corrected chi connectivity index (χ4v) is 3.58. The number of fused-ring (bicyclic) bond motifs is 1. The molecule has 29 heavy (non-hydrogen) atoms. The van der Waals surface area contributed by atoms with Crippen LogP contribution in [0.4, 0.5) is 0 Å². The summed E-state index contributed by atoms with van der Waals surface area (Å²) < 4.78 is 8.75. The topological polar surface area (TPSA) is 81.4 Å². The first-order valence-corrected chi connectivity index (χ1v) is 10.4. The highest BCUT2D eigenvalue weighted by atomic mass is 16.5. The number of nitrogens with zero attached hydrogens (tertiary/aromatic N) is 4. The number of hydrogen-bond acceptors (Lipinski definition) is 5. The lowest BCUT2D eigenvalue weighted by Gasteiger charge is -2.22. The Labute approximate surface area is 171 Å². The van der Waals surface area contributed by atoms with Gasteiger partial charge in [-0.1, -0.05) is 37.3 Å². The second-order valence-corrected chi connectivity index (χ2v) is 7.23. The SMILES string of the molecule is CCN(CCCNC(=O)CC1OCCn2c1nn(CC)c2=O)Cc1ccccc1. The average molecular weight is 402 g/mol. The quantitative estimate of drug-likeness (QED) is 0.611. The molecule has 8 heteroatoms. The predicted octanol–water partition coefficient (Wildman–Crippen LogP) is 1.55. The van der Waals surface area contributed by atoms with E-state index in [1.54, 1.807) is 4.57 Å². The van der Waals surface area contributed by atoms with Crippen LogP contribution in [0.1, 0.15) is 44.2 Å². The molecule has 1 aromatic heterocycles. The third-order valence-electron chi connectivity index (χ3n) is 5.21. The Balaban J connectivity index is 1.43. The van der Waals surface area contributed by atoms with Crippen LogP contribution in [0, 0.1) is 0 Å². The van der Waals surface area contributed by atoms with Crippen molar-refractivity contribution in [1.29, 1.82) is 0 Å². The summed E-state index contributed by atoms with van der Waals surface area (Å²) in [4.78, 5) is 26.9. The normalized spacial score (nSPS) is 16.0. The molecule has 1 aliphatic heterocycles. The number of carbonyl (C=O) groups is 1. The van der Waals surface area contributed by atoms with Crippen LogP contribution in [0.2, 0.25) is 0 Å². The van der Waals surface area contributed by atoms with E-state index in [1.165, 1.54) is 10.2 Å². The van der Waals surface area contributed by atoms with Gasteiger partial charge in [0.2, 0.25) is 5.91 Å². The van der Waals surface area contributed by atoms with E-state index in [2.05, 4.69) is 46.5 Å². The molecule has 1 aliphatic rings. The molecule has 8 nitrogen and oxygen atoms in total. The zero-order chi connectivity index (χ0) is 20.6. The monoisotopic (exact) mass is 401 g/mol. The van der Waals surface area contributed by atoms with Gasteiger partial charge in [0.15, 0.2) is 5.82 Å². The number of aryl methyl sites for hydroxylation is 1. The number of rotatable bonds is 10. The van der Waals surface area contributed by atoms with Gasteiger partial charge in [-0.05, 0) is 25.5 Å². The van der Waals surface area contributed by atoms with Crippen LogP contribution in [0.15, 0.2) is 35.1 Å². The maximum Gasteiger partial charge on any atom is 0.346 e. The largest absolute Gasteiger partial charge is 0.368 e. The molecule has 158 valence electrons. The Morgan fingerprint density at radius 2 is 2.10 bits per heavy atom. The molecular formula is C21H31N5O3. The van der Waals surface area contributed by atoms with E-state index >= 15 is 0 Å². The van der Waals surface area contributed by atoms with Crippen LogP contribution in [-0.2, 0) is 29.2 Å². The van der Waals surface area contributed by atoms with Crippen LogP contribution in [0.3, 0.4) is 0 Å². The minimum atomic E-state index is -0.463. The minimum absolute atomic E-state index is 0.0759. The van der Waals surface area contributed by atoms with Gasteiger partial charge in [-0.15, -0.1) is 0 Å². The summed E-state index contributed by atoms with van der Waals surface area (Å²) in [6.45, 7) is 8.87. The van der Waals surface area contributed by atoms with Gasteiger partial charge in [-0.25, -0.2) is 9.48 Å². The standard InChI is InChI=1S/C21H31N5O3/c1-3-24(16-17-9-6-5-7-10-17)12-8-11-22-19(27)15-18-20-23-26(4-2)21(28)25(20)13-14-29-18/h5-7,9-10,18H,3-4,8,11-16H2,1-2H3,(H,22,27). The van der Waals surface area contributed by atoms with Crippen molar-refractivity contribution in [3.8, 4) is 0 Å². The van der Waals surface area contributed by atoms with Crippen molar-refractivity contribution in [3.05, 3.63) is 52.2 Å². The molecule has 0 radical (unpaired) electrons. The zero-order valence-electron chi connectivity index (χ0n) is 17.3. The van der Waals surface area contributed by atoms with Crippen LogP contribution >= 0.6 is 0 Å². The maximum absolute atomic E-state index is 12.4. The number of hydrogen-bond donors (Lipinski definition) is 1. The average Bonchev–Trinajstić information content (AvgIpc) is 3.08. The third-order valence-corrected chi connectivity index (χ3v) is 5.21. The molecule has 3 rings (SSSR count). The summed E-state index contributed by atoms with van der Waals surface area (Å²) in [7, 11) is 0. The number of amides is 1. The van der Waals surface area contributed by atoms with Gasteiger partial charge >= 0.3 is 5.69 Å². The Bertz CT molecular complexity index is 846. The summed E-state index contributed by atoms with van der Waals surface area (Å²) in [6.07, 6.45) is 0.601. The van der Waals surface area contributed by atoms with Crippen molar-refractivity contribution in [3.63, 3.8) is 0 Å². The van der Waals surface area contributed by atoms with E-state index in [4.69, 9.17) is 4.74 Å². The molecule has 2 aromatic rings. The molecule has 0 spiro atoms. The van der Waals surface area contributed by atoms with Gasteiger partial charge in [0.25, 0.3) is 0 Å². The highest BCUT2D eigenvalue weighted by molar-refractivity contribution is 5.76. The van der Waals surface area contributed by atoms with Crippen molar-refractivity contribution in [1.82, 2.24) is 24.6 Å². The van der Waals surface area contributed by atoms with E-state index in [0.29, 0.717) is 32.1 Å². The summed E-state index contributed by atoms with van der Waals surface area (Å²) in [5.74, 6) is 0.478. The lowest BCUT2D eigenvalue weighted by molar-refractivity contribution is -0.125. The molecule has 1 amide bonds. The van der Waals surface area contributed by atoms with E-state index < -0.39 is 6.10 Å². The van der Waals surface area contributed by atoms with Gasteiger partial charge < -0.3 is 10.1 Å². The fourth-order valence-electron chi connectivity index (χ4n) is 3.58. The Hall–Kier alpha value is -2.45. The van der Waals surface area contributed by atoms with Crippen LogP contribution < -0.4 is 11.0 Å². The summed E-state index contributed by atoms with van der Waals surface area (Å²) in [5.41, 5.74) is 1.17. The molecule has 0 saturated carbocycles. The maximum atomic E-state index is 12.4. The van der Waals surface area contributed by atoms with E-state index in [0.717, 1.165) is 26.1 Å². The number of benzene rings is 1. The van der Waals surface area contributed by atoms with Crippen molar-refractivity contribution < 1.29 is 9.53 Å². The van der Waals surface area contributed by atoms with Gasteiger partial charge in [0, 0.05) is 26.2 Å². The predicted molar refractivity (Wildman–Crippen MR) is 110 cm³/mol. The van der Waals surface area contributed by atoms with E-state index in [1.807, 2.05) is 13.0 Å². The van der Waals surface area contributed by atoms with Gasteiger partial charge in [-0.2, -0.15) is 5.10 Å². The van der Waals surface area contributed by atoms with Crippen molar-refractivity contribution in [2.24, 2.45) is 0 Å². The smallest absolute Gasteiger partial charge is 0.346 e. The van der Waals surface area contributed by atoms with Crippen LogP contribution in [0.5, 0.6) is 0 Å². The molecule has 0 bridgehead atoms. The van der Waals surface area contributed by atoms with E-state index in [9.17, 15) is 9.59 Å². The summed E-state index contributed by atoms with van der Waals surface area (Å²) >= 11 is 0. The first-order valence-electron chi connectivity index (χ1n) is 10.4.